The Morgan fingerprint density at radius 2 is 1.14 bits per heavy atom. The van der Waals surface area contributed by atoms with Gasteiger partial charge in [0, 0.05) is 34.0 Å². The second kappa shape index (κ2) is 25.4. The molecule has 6 rings (SSSR count). The third-order valence-electron chi connectivity index (χ3n) is 10.7. The smallest absolute Gasteiger partial charge is 0.408 e. The second-order valence-electron chi connectivity index (χ2n) is 17.5. The van der Waals surface area contributed by atoms with Crippen LogP contribution in [0.3, 0.4) is 0 Å². The van der Waals surface area contributed by atoms with Gasteiger partial charge in [-0.15, -0.1) is 0 Å². The van der Waals surface area contributed by atoms with Gasteiger partial charge in [-0.2, -0.15) is 30.8 Å². The number of halogens is 4. The molecule has 71 heavy (non-hydrogen) atoms. The summed E-state index contributed by atoms with van der Waals surface area (Å²) in [6, 6.07) is 20.2. The number of alkyl carbamates (subject to hydrolysis) is 1. The molecule has 0 aliphatic carbocycles. The fourth-order valence-electron chi connectivity index (χ4n) is 7.35. The quantitative estimate of drug-likeness (QED) is 0.0341. The van der Waals surface area contributed by atoms with Crippen LogP contribution in [0.5, 0.6) is 0 Å². The third kappa shape index (κ3) is 17.5. The van der Waals surface area contributed by atoms with Crippen molar-refractivity contribution in [1.82, 2.24) is 41.5 Å². The maximum absolute atomic E-state index is 14.3. The lowest BCUT2D eigenvalue weighted by Gasteiger charge is -2.22. The number of nitrogens with one attached hydrogen (secondary N) is 4. The standard InChI is InChI=1S/C28H31ClFN5O6.C21H20ClFN4O3/c1-28(2,3)41-27(40)31-15-25(37)33-22(26(38)39)11-17(12-24(36)23-14-32-35-34-23)10-16-4-6-18(7-5-16)20-13-19(29)8-9-21(20)30;22-15-5-6-17(23)16(10-15)14-3-1-12(2-4-14)7-13(8-18(24)21(29)30)9-20(28)19-11-25-27-26-19/h4-9,13-14,17,22H,10-12,15H2,1-3H3,(H,31,40)(H,33,37)(H,38,39)(H,32,34,35);1-6,10-11,13,18H,7-9,24H2,(H,29,30)(H,25,26,27)/t17-,22-;13-,18-/m11/s1. The summed E-state index contributed by atoms with van der Waals surface area (Å²) >= 11 is 12.0. The number of carboxylic acids is 2. The molecule has 2 aromatic heterocycles. The van der Waals surface area contributed by atoms with Crippen molar-refractivity contribution in [2.24, 2.45) is 17.6 Å². The summed E-state index contributed by atoms with van der Waals surface area (Å²) < 4.78 is 33.5. The first-order valence-electron chi connectivity index (χ1n) is 22.0. The van der Waals surface area contributed by atoms with Crippen LogP contribution in [0, 0.1) is 23.5 Å². The summed E-state index contributed by atoms with van der Waals surface area (Å²) in [5.41, 5.74) is 8.82. The van der Waals surface area contributed by atoms with Crippen LogP contribution in [0.15, 0.2) is 97.3 Å². The largest absolute Gasteiger partial charge is 0.480 e. The Bertz CT molecular complexity index is 2780. The second-order valence-corrected chi connectivity index (χ2v) is 18.4. The molecule has 0 bridgehead atoms. The van der Waals surface area contributed by atoms with Crippen molar-refractivity contribution in [2.45, 2.75) is 77.0 Å². The number of hydrogen-bond donors (Lipinski definition) is 7. The Hall–Kier alpha value is -7.42. The van der Waals surface area contributed by atoms with Gasteiger partial charge in [0.2, 0.25) is 5.91 Å². The van der Waals surface area contributed by atoms with Gasteiger partial charge in [0.1, 0.15) is 47.3 Å². The Morgan fingerprint density at radius 1 is 0.690 bits per heavy atom. The topological polar surface area (TPSA) is 285 Å². The highest BCUT2D eigenvalue weighted by Gasteiger charge is 2.28. The number of ketones is 2. The zero-order valence-electron chi connectivity index (χ0n) is 38.6. The summed E-state index contributed by atoms with van der Waals surface area (Å²) in [6.45, 7) is 4.49. The van der Waals surface area contributed by atoms with E-state index in [0.717, 1.165) is 11.1 Å². The highest BCUT2D eigenvalue weighted by molar-refractivity contribution is 6.31. The minimum Gasteiger partial charge on any atom is -0.480 e. The molecule has 8 N–H and O–H groups in total. The first kappa shape index (κ1) is 54.5. The van der Waals surface area contributed by atoms with Crippen LogP contribution in [0.25, 0.3) is 22.3 Å². The number of amides is 2. The van der Waals surface area contributed by atoms with Gasteiger partial charge in [-0.25, -0.2) is 18.4 Å². The van der Waals surface area contributed by atoms with E-state index in [1.807, 2.05) is 12.1 Å². The minimum absolute atomic E-state index is 0.0764. The summed E-state index contributed by atoms with van der Waals surface area (Å²) in [4.78, 5) is 72.7. The van der Waals surface area contributed by atoms with Crippen molar-refractivity contribution in [3.05, 3.63) is 142 Å². The van der Waals surface area contributed by atoms with Crippen molar-refractivity contribution in [1.29, 1.82) is 0 Å². The van der Waals surface area contributed by atoms with Gasteiger partial charge in [-0.05, 0) is 117 Å². The molecule has 6 aromatic rings. The SMILES string of the molecule is CC(C)(C)OC(=O)NCC(=O)N[C@H](C[C@H](CC(=O)c1cn[nH]n1)Cc1ccc(-c2cc(Cl)ccc2F)cc1)C(=O)O.N[C@H](C[C@H](CC(=O)c1cn[nH]n1)Cc1ccc(-c2cc(Cl)ccc2F)cc1)C(=O)O. The maximum Gasteiger partial charge on any atom is 0.408 e. The summed E-state index contributed by atoms with van der Waals surface area (Å²) in [7, 11) is 0. The molecule has 374 valence electrons. The number of carbonyl (C=O) groups excluding carboxylic acids is 4. The maximum atomic E-state index is 14.3. The van der Waals surface area contributed by atoms with Crippen LogP contribution in [-0.2, 0) is 32.0 Å². The number of nitrogens with two attached hydrogens (primary N) is 1. The Labute approximate surface area is 416 Å². The van der Waals surface area contributed by atoms with Gasteiger partial charge in [0.25, 0.3) is 0 Å². The Balaban J connectivity index is 0.000000277. The van der Waals surface area contributed by atoms with Gasteiger partial charge in [-0.3, -0.25) is 19.2 Å². The average molecular weight is 1020 g/mol. The fourth-order valence-corrected chi connectivity index (χ4v) is 7.70. The van der Waals surface area contributed by atoms with E-state index in [-0.39, 0.29) is 66.8 Å². The number of carboxylic acid groups (broad SMARTS) is 2. The molecule has 4 atom stereocenters. The van der Waals surface area contributed by atoms with Crippen molar-refractivity contribution in [3.63, 3.8) is 0 Å². The highest BCUT2D eigenvalue weighted by atomic mass is 35.5. The molecule has 0 fully saturated rings. The minimum atomic E-state index is -1.35. The summed E-state index contributed by atoms with van der Waals surface area (Å²) in [5, 5.41) is 44.0. The first-order valence-corrected chi connectivity index (χ1v) is 22.7. The molecule has 0 unspecified atom stereocenters. The molecule has 18 nitrogen and oxygen atoms in total. The third-order valence-corrected chi connectivity index (χ3v) is 11.2. The molecular formula is C49H51Cl2F2N9O9. The molecule has 0 saturated carbocycles. The van der Waals surface area contributed by atoms with Crippen LogP contribution < -0.4 is 16.4 Å². The van der Waals surface area contributed by atoms with E-state index in [1.54, 1.807) is 63.2 Å². The number of aromatic amines is 2. The van der Waals surface area contributed by atoms with E-state index >= 15 is 0 Å². The van der Waals surface area contributed by atoms with Gasteiger partial charge in [0.15, 0.2) is 11.6 Å². The van der Waals surface area contributed by atoms with E-state index in [1.165, 1.54) is 42.7 Å². The van der Waals surface area contributed by atoms with Gasteiger partial charge in [0.05, 0.1) is 12.4 Å². The van der Waals surface area contributed by atoms with E-state index in [0.29, 0.717) is 38.7 Å². The summed E-state index contributed by atoms with van der Waals surface area (Å²) in [6.07, 6.45) is 2.52. The first-order chi connectivity index (χ1) is 33.6. The number of carbonyl (C=O) groups is 6. The van der Waals surface area contributed by atoms with Crippen molar-refractivity contribution in [2.75, 3.05) is 6.54 Å². The lowest BCUT2D eigenvalue weighted by Crippen LogP contribution is -2.47. The number of hydrogen-bond acceptors (Lipinski definition) is 12. The van der Waals surface area contributed by atoms with Crippen LogP contribution in [0.4, 0.5) is 13.6 Å². The van der Waals surface area contributed by atoms with E-state index in [9.17, 15) is 42.7 Å². The average Bonchev–Trinajstić information content (AvgIpc) is 4.07. The lowest BCUT2D eigenvalue weighted by atomic mass is 9.87. The van der Waals surface area contributed by atoms with Crippen LogP contribution in [-0.4, -0.2) is 101 Å². The number of H-pyrrole nitrogens is 2. The molecule has 0 radical (unpaired) electrons. The van der Waals surface area contributed by atoms with Crippen molar-refractivity contribution in [3.8, 4) is 22.3 Å². The normalized spacial score (nSPS) is 12.8. The number of ether oxygens (including phenoxy) is 1. The molecule has 2 heterocycles. The van der Waals surface area contributed by atoms with Crippen LogP contribution >= 0.6 is 23.2 Å². The molecule has 0 saturated heterocycles. The lowest BCUT2D eigenvalue weighted by molar-refractivity contribution is -0.142. The molecule has 0 spiro atoms. The number of aliphatic carboxylic acids is 2. The van der Waals surface area contributed by atoms with Gasteiger partial charge >= 0.3 is 18.0 Å². The van der Waals surface area contributed by atoms with Crippen LogP contribution in [0.1, 0.15) is 78.6 Å². The molecule has 22 heteroatoms. The predicted octanol–water partition coefficient (Wildman–Crippen LogP) is 7.68. The fraction of sp³-hybridized carbons (Fsp3) is 0.306. The zero-order chi connectivity index (χ0) is 51.8. The Kier molecular flexibility index (Phi) is 19.5. The van der Waals surface area contributed by atoms with Gasteiger partial charge in [-0.1, -0.05) is 71.7 Å². The molecule has 0 aliphatic rings. The highest BCUT2D eigenvalue weighted by Crippen LogP contribution is 2.30. The number of nitrogens with zero attached hydrogens (tertiary/aromatic N) is 4. The predicted molar refractivity (Wildman–Crippen MR) is 257 cm³/mol. The van der Waals surface area contributed by atoms with E-state index in [4.69, 9.17) is 38.8 Å². The molecular weight excluding hydrogens is 967 g/mol. The van der Waals surface area contributed by atoms with Crippen molar-refractivity contribution < 1.29 is 52.5 Å². The number of aromatic nitrogens is 6. The van der Waals surface area contributed by atoms with E-state index < -0.39 is 59.9 Å². The molecule has 0 aliphatic heterocycles. The molecule has 4 aromatic carbocycles. The van der Waals surface area contributed by atoms with Crippen molar-refractivity contribution >= 4 is 58.7 Å². The number of Topliss-reactive ketones (excluding diaryl/α,β-unsaturated/α-hetero) is 2. The zero-order valence-corrected chi connectivity index (χ0v) is 40.1. The van der Waals surface area contributed by atoms with Gasteiger partial charge < -0.3 is 31.3 Å². The summed E-state index contributed by atoms with van der Waals surface area (Å²) in [5.74, 6) is -5.43. The molecule has 2 amide bonds. The number of benzene rings is 4. The Morgan fingerprint density at radius 3 is 1.54 bits per heavy atom. The monoisotopic (exact) mass is 1020 g/mol. The number of rotatable bonds is 21. The van der Waals surface area contributed by atoms with E-state index in [2.05, 4.69) is 41.5 Å². The van der Waals surface area contributed by atoms with Crippen LogP contribution in [0.2, 0.25) is 10.0 Å².